The van der Waals surface area contributed by atoms with Crippen LogP contribution in [0.2, 0.25) is 0 Å². The van der Waals surface area contributed by atoms with Gasteiger partial charge < -0.3 is 5.32 Å². The van der Waals surface area contributed by atoms with Crippen LogP contribution in [-0.4, -0.2) is 4.98 Å². The molecule has 0 radical (unpaired) electrons. The van der Waals surface area contributed by atoms with Crippen molar-refractivity contribution < 1.29 is 0 Å². The summed E-state index contributed by atoms with van der Waals surface area (Å²) >= 11 is 1.71. The number of aryl methyl sites for hydroxylation is 1. The highest BCUT2D eigenvalue weighted by molar-refractivity contribution is 7.09. The number of aromatic nitrogens is 1. The molecule has 0 fully saturated rings. The first kappa shape index (κ1) is 16.2. The predicted octanol–water partition coefficient (Wildman–Crippen LogP) is 5.06. The van der Waals surface area contributed by atoms with Crippen LogP contribution in [0.3, 0.4) is 0 Å². The standard InChI is InChI=1S/C18H26N2S/c1-12(2)10-16-6-8-17(9-7-16)13(3)19-14(4)18-11-21-15(5)20-18/h6-9,11-14,19H,10H2,1-5H3. The van der Waals surface area contributed by atoms with E-state index in [-0.39, 0.29) is 6.04 Å². The molecule has 0 amide bonds. The Morgan fingerprint density at radius 1 is 1.05 bits per heavy atom. The van der Waals surface area contributed by atoms with Crippen LogP contribution in [0.5, 0.6) is 0 Å². The minimum Gasteiger partial charge on any atom is -0.302 e. The third kappa shape index (κ3) is 4.65. The zero-order valence-corrected chi connectivity index (χ0v) is 14.5. The van der Waals surface area contributed by atoms with E-state index >= 15 is 0 Å². The molecule has 0 saturated carbocycles. The maximum Gasteiger partial charge on any atom is 0.0898 e. The molecule has 21 heavy (non-hydrogen) atoms. The van der Waals surface area contributed by atoms with E-state index in [1.54, 1.807) is 11.3 Å². The summed E-state index contributed by atoms with van der Waals surface area (Å²) in [5.41, 5.74) is 3.89. The van der Waals surface area contributed by atoms with Crippen LogP contribution < -0.4 is 5.32 Å². The van der Waals surface area contributed by atoms with Crippen molar-refractivity contribution in [1.82, 2.24) is 10.3 Å². The molecule has 2 unspecified atom stereocenters. The van der Waals surface area contributed by atoms with Crippen molar-refractivity contribution in [1.29, 1.82) is 0 Å². The van der Waals surface area contributed by atoms with Crippen molar-refractivity contribution in [2.24, 2.45) is 5.92 Å². The lowest BCUT2D eigenvalue weighted by atomic mass is 9.99. The van der Waals surface area contributed by atoms with Crippen LogP contribution >= 0.6 is 11.3 Å². The Balaban J connectivity index is 1.98. The van der Waals surface area contributed by atoms with Gasteiger partial charge in [0.15, 0.2) is 0 Å². The summed E-state index contributed by atoms with van der Waals surface area (Å²) in [6, 6.07) is 9.61. The zero-order chi connectivity index (χ0) is 15.4. The molecule has 3 heteroatoms. The van der Waals surface area contributed by atoms with Gasteiger partial charge in [0.05, 0.1) is 10.7 Å². The smallest absolute Gasteiger partial charge is 0.0898 e. The summed E-state index contributed by atoms with van der Waals surface area (Å²) in [5.74, 6) is 0.708. The van der Waals surface area contributed by atoms with E-state index in [4.69, 9.17) is 0 Å². The third-order valence-electron chi connectivity index (χ3n) is 3.70. The van der Waals surface area contributed by atoms with Crippen LogP contribution in [-0.2, 0) is 6.42 Å². The van der Waals surface area contributed by atoms with Gasteiger partial charge in [-0.2, -0.15) is 0 Å². The van der Waals surface area contributed by atoms with Crippen molar-refractivity contribution >= 4 is 11.3 Å². The second-order valence-electron chi connectivity index (χ2n) is 6.24. The van der Waals surface area contributed by atoms with Crippen molar-refractivity contribution in [3.8, 4) is 0 Å². The van der Waals surface area contributed by atoms with E-state index in [0.717, 1.165) is 17.1 Å². The molecule has 1 N–H and O–H groups in total. The molecule has 0 spiro atoms. The van der Waals surface area contributed by atoms with Gasteiger partial charge in [-0.05, 0) is 44.2 Å². The Hall–Kier alpha value is -1.19. The third-order valence-corrected chi connectivity index (χ3v) is 4.50. The number of rotatable bonds is 6. The molecule has 0 aliphatic heterocycles. The quantitative estimate of drug-likeness (QED) is 0.806. The second kappa shape index (κ2) is 7.19. The molecule has 2 rings (SSSR count). The number of hydrogen-bond donors (Lipinski definition) is 1. The minimum atomic E-state index is 0.278. The summed E-state index contributed by atoms with van der Waals surface area (Å²) in [4.78, 5) is 4.56. The van der Waals surface area contributed by atoms with E-state index < -0.39 is 0 Å². The van der Waals surface area contributed by atoms with Gasteiger partial charge in [-0.1, -0.05) is 38.1 Å². The number of nitrogens with one attached hydrogen (secondary N) is 1. The summed E-state index contributed by atoms with van der Waals surface area (Å²) < 4.78 is 0. The highest BCUT2D eigenvalue weighted by Crippen LogP contribution is 2.21. The summed E-state index contributed by atoms with van der Waals surface area (Å²) in [6.07, 6.45) is 1.15. The van der Waals surface area contributed by atoms with Crippen LogP contribution in [0, 0.1) is 12.8 Å². The highest BCUT2D eigenvalue weighted by Gasteiger charge is 2.13. The van der Waals surface area contributed by atoms with Crippen molar-refractivity contribution in [3.63, 3.8) is 0 Å². The van der Waals surface area contributed by atoms with Gasteiger partial charge in [0.2, 0.25) is 0 Å². The van der Waals surface area contributed by atoms with Crippen molar-refractivity contribution in [2.75, 3.05) is 0 Å². The van der Waals surface area contributed by atoms with Gasteiger partial charge in [-0.15, -0.1) is 11.3 Å². The van der Waals surface area contributed by atoms with E-state index in [2.05, 4.69) is 74.6 Å². The average Bonchev–Trinajstić information content (AvgIpc) is 2.85. The molecule has 0 aliphatic carbocycles. The summed E-state index contributed by atoms with van der Waals surface area (Å²) in [5, 5.41) is 6.90. The maximum absolute atomic E-state index is 4.56. The lowest BCUT2D eigenvalue weighted by Crippen LogP contribution is -2.22. The molecule has 1 aromatic carbocycles. The topological polar surface area (TPSA) is 24.9 Å². The monoisotopic (exact) mass is 302 g/mol. The molecular formula is C18H26N2S. The first-order chi connectivity index (χ1) is 9.95. The fourth-order valence-corrected chi connectivity index (χ4v) is 3.26. The Labute approximate surface area is 132 Å². The first-order valence-corrected chi connectivity index (χ1v) is 8.60. The lowest BCUT2D eigenvalue weighted by molar-refractivity contribution is 0.487. The highest BCUT2D eigenvalue weighted by atomic mass is 32.1. The maximum atomic E-state index is 4.56. The lowest BCUT2D eigenvalue weighted by Gasteiger charge is -2.19. The van der Waals surface area contributed by atoms with Crippen molar-refractivity contribution in [2.45, 2.75) is 53.1 Å². The van der Waals surface area contributed by atoms with Crippen molar-refractivity contribution in [3.05, 3.63) is 51.5 Å². The SMILES string of the molecule is Cc1nc(C(C)NC(C)c2ccc(CC(C)C)cc2)cs1. The normalized spacial score (nSPS) is 14.4. The van der Waals surface area contributed by atoms with Gasteiger partial charge in [0.25, 0.3) is 0 Å². The largest absolute Gasteiger partial charge is 0.302 e. The van der Waals surface area contributed by atoms with Crippen LogP contribution in [0.15, 0.2) is 29.6 Å². The molecule has 0 saturated heterocycles. The summed E-state index contributed by atoms with van der Waals surface area (Å²) in [7, 11) is 0. The average molecular weight is 302 g/mol. The molecule has 114 valence electrons. The van der Waals surface area contributed by atoms with Crippen LogP contribution in [0.25, 0.3) is 0 Å². The van der Waals surface area contributed by atoms with Gasteiger partial charge >= 0.3 is 0 Å². The molecule has 0 bridgehead atoms. The molecule has 1 heterocycles. The first-order valence-electron chi connectivity index (χ1n) is 7.72. The molecule has 2 aromatic rings. The van der Waals surface area contributed by atoms with Gasteiger partial charge in [0, 0.05) is 17.5 Å². The number of thiazole rings is 1. The molecule has 2 atom stereocenters. The molecule has 2 nitrogen and oxygen atoms in total. The van der Waals surface area contributed by atoms with Crippen LogP contribution in [0.1, 0.15) is 61.6 Å². The molecular weight excluding hydrogens is 276 g/mol. The fourth-order valence-electron chi connectivity index (χ4n) is 2.55. The number of benzene rings is 1. The second-order valence-corrected chi connectivity index (χ2v) is 7.30. The molecule has 1 aromatic heterocycles. The van der Waals surface area contributed by atoms with E-state index in [1.807, 2.05) is 0 Å². The van der Waals surface area contributed by atoms with Gasteiger partial charge in [0.1, 0.15) is 0 Å². The van der Waals surface area contributed by atoms with E-state index in [1.165, 1.54) is 11.1 Å². The predicted molar refractivity (Wildman–Crippen MR) is 91.8 cm³/mol. The van der Waals surface area contributed by atoms with E-state index in [0.29, 0.717) is 12.0 Å². The van der Waals surface area contributed by atoms with Gasteiger partial charge in [-0.25, -0.2) is 4.98 Å². The zero-order valence-electron chi connectivity index (χ0n) is 13.7. The Kier molecular flexibility index (Phi) is 5.54. The Morgan fingerprint density at radius 2 is 1.71 bits per heavy atom. The molecule has 0 aliphatic rings. The summed E-state index contributed by atoms with van der Waals surface area (Å²) in [6.45, 7) is 11.0. The van der Waals surface area contributed by atoms with Crippen LogP contribution in [0.4, 0.5) is 0 Å². The minimum absolute atomic E-state index is 0.278. The van der Waals surface area contributed by atoms with Gasteiger partial charge in [-0.3, -0.25) is 0 Å². The number of nitrogens with zero attached hydrogens (tertiary/aromatic N) is 1. The Morgan fingerprint density at radius 3 is 2.24 bits per heavy atom. The van der Waals surface area contributed by atoms with E-state index in [9.17, 15) is 0 Å². The fraction of sp³-hybridized carbons (Fsp3) is 0.500. The number of hydrogen-bond acceptors (Lipinski definition) is 3. The Bertz CT molecular complexity index is 557.